The van der Waals surface area contributed by atoms with Crippen molar-refractivity contribution in [2.24, 2.45) is 11.3 Å². The van der Waals surface area contributed by atoms with Crippen molar-refractivity contribution in [1.29, 1.82) is 0 Å². The van der Waals surface area contributed by atoms with Crippen LogP contribution in [0, 0.1) is 11.3 Å². The molecule has 0 aromatic rings. The summed E-state index contributed by atoms with van der Waals surface area (Å²) >= 11 is 0. The molecule has 0 radical (unpaired) electrons. The molecule has 1 heterocycles. The Morgan fingerprint density at radius 1 is 1.62 bits per heavy atom. The third-order valence-electron chi connectivity index (χ3n) is 3.23. The summed E-state index contributed by atoms with van der Waals surface area (Å²) in [6, 6.07) is 0. The van der Waals surface area contributed by atoms with Gasteiger partial charge in [-0.05, 0) is 31.7 Å². The van der Waals surface area contributed by atoms with Crippen LogP contribution in [0.5, 0.6) is 0 Å². The van der Waals surface area contributed by atoms with Crippen LogP contribution in [-0.4, -0.2) is 26.2 Å². The average molecular weight is 206 g/mol. The predicted octanol–water partition coefficient (Wildman–Crippen LogP) is 0.971. The van der Waals surface area contributed by atoms with Crippen molar-refractivity contribution < 1.29 is 9.53 Å². The standard InChI is InChI=1S/C9H15NO2.ClH/c1-12-8(11)9-3-2-7(4-9)5-10-6-9;/h7,10H,2-6H2,1H3;1H. The molecule has 0 aromatic carbocycles. The summed E-state index contributed by atoms with van der Waals surface area (Å²) in [5, 5.41) is 3.30. The predicted molar refractivity (Wildman–Crippen MR) is 51.9 cm³/mol. The molecule has 0 spiro atoms. The lowest BCUT2D eigenvalue weighted by atomic mass is 9.83. The minimum atomic E-state index is -0.169. The van der Waals surface area contributed by atoms with Gasteiger partial charge in [0.25, 0.3) is 0 Å². The molecule has 2 bridgehead atoms. The van der Waals surface area contributed by atoms with Crippen LogP contribution in [0.3, 0.4) is 0 Å². The van der Waals surface area contributed by atoms with Crippen LogP contribution in [0.25, 0.3) is 0 Å². The quantitative estimate of drug-likeness (QED) is 0.649. The van der Waals surface area contributed by atoms with Crippen LogP contribution in [0.15, 0.2) is 0 Å². The van der Waals surface area contributed by atoms with Crippen molar-refractivity contribution >= 4 is 18.4 Å². The normalized spacial score (nSPS) is 36.5. The Hall–Kier alpha value is -0.280. The van der Waals surface area contributed by atoms with Gasteiger partial charge >= 0.3 is 5.97 Å². The van der Waals surface area contributed by atoms with Crippen molar-refractivity contribution in [1.82, 2.24) is 5.32 Å². The lowest BCUT2D eigenvalue weighted by Gasteiger charge is -2.30. The SMILES string of the molecule is COC(=O)C12CCC(CNC1)C2.Cl. The first-order valence-electron chi connectivity index (χ1n) is 4.56. The smallest absolute Gasteiger partial charge is 0.313 e. The van der Waals surface area contributed by atoms with Gasteiger partial charge in [0.1, 0.15) is 0 Å². The molecular formula is C9H16ClNO2. The number of carbonyl (C=O) groups is 1. The Morgan fingerprint density at radius 3 is 3.08 bits per heavy atom. The van der Waals surface area contributed by atoms with E-state index in [1.807, 2.05) is 0 Å². The molecule has 4 heteroatoms. The second-order valence-electron chi connectivity index (χ2n) is 4.01. The number of ether oxygens (including phenoxy) is 1. The first-order chi connectivity index (χ1) is 5.77. The van der Waals surface area contributed by atoms with E-state index in [4.69, 9.17) is 4.74 Å². The largest absolute Gasteiger partial charge is 0.469 e. The van der Waals surface area contributed by atoms with Gasteiger partial charge in [-0.2, -0.15) is 0 Å². The van der Waals surface area contributed by atoms with Gasteiger partial charge < -0.3 is 10.1 Å². The fourth-order valence-corrected chi connectivity index (χ4v) is 2.56. The van der Waals surface area contributed by atoms with Gasteiger partial charge in [-0.25, -0.2) is 0 Å². The summed E-state index contributed by atoms with van der Waals surface area (Å²) in [6.07, 6.45) is 3.23. The number of fused-ring (bicyclic) bond motifs is 2. The minimum Gasteiger partial charge on any atom is -0.469 e. The highest BCUT2D eigenvalue weighted by Crippen LogP contribution is 2.44. The minimum absolute atomic E-state index is 0. The maximum Gasteiger partial charge on any atom is 0.313 e. The summed E-state index contributed by atoms with van der Waals surface area (Å²) in [5.74, 6) is 0.690. The lowest BCUT2D eigenvalue weighted by Crippen LogP contribution is -2.44. The van der Waals surface area contributed by atoms with E-state index in [2.05, 4.69) is 5.32 Å². The molecule has 2 fully saturated rings. The average Bonchev–Trinajstić information content (AvgIpc) is 2.42. The molecule has 1 N–H and O–H groups in total. The number of carbonyl (C=O) groups excluding carboxylic acids is 1. The van der Waals surface area contributed by atoms with Gasteiger partial charge in [0.15, 0.2) is 0 Å². The Morgan fingerprint density at radius 2 is 2.38 bits per heavy atom. The second kappa shape index (κ2) is 3.84. The summed E-state index contributed by atoms with van der Waals surface area (Å²) < 4.78 is 4.83. The highest BCUT2D eigenvalue weighted by Gasteiger charge is 2.48. The van der Waals surface area contributed by atoms with E-state index < -0.39 is 0 Å². The van der Waals surface area contributed by atoms with Crippen LogP contribution in [0.1, 0.15) is 19.3 Å². The highest BCUT2D eigenvalue weighted by atomic mass is 35.5. The number of methoxy groups -OCH3 is 1. The zero-order chi connectivity index (χ0) is 8.60. The van der Waals surface area contributed by atoms with Crippen LogP contribution >= 0.6 is 12.4 Å². The fraction of sp³-hybridized carbons (Fsp3) is 0.889. The van der Waals surface area contributed by atoms with E-state index in [9.17, 15) is 4.79 Å². The van der Waals surface area contributed by atoms with E-state index in [1.54, 1.807) is 0 Å². The van der Waals surface area contributed by atoms with Crippen molar-refractivity contribution in [3.05, 3.63) is 0 Å². The zero-order valence-electron chi connectivity index (χ0n) is 7.84. The number of halogens is 1. The molecule has 1 saturated carbocycles. The van der Waals surface area contributed by atoms with Gasteiger partial charge in [-0.3, -0.25) is 4.79 Å². The molecule has 2 aliphatic rings. The number of rotatable bonds is 1. The number of esters is 1. The first kappa shape index (κ1) is 10.8. The van der Waals surface area contributed by atoms with Crippen molar-refractivity contribution in [2.75, 3.05) is 20.2 Å². The Labute approximate surface area is 84.6 Å². The molecule has 2 rings (SSSR count). The molecule has 76 valence electrons. The number of hydrogen-bond acceptors (Lipinski definition) is 3. The van der Waals surface area contributed by atoms with Gasteiger partial charge in [0.2, 0.25) is 0 Å². The van der Waals surface area contributed by atoms with E-state index >= 15 is 0 Å². The topological polar surface area (TPSA) is 38.3 Å². The van der Waals surface area contributed by atoms with Crippen LogP contribution in [0.2, 0.25) is 0 Å². The molecule has 2 unspecified atom stereocenters. The lowest BCUT2D eigenvalue weighted by molar-refractivity contribution is -0.153. The fourth-order valence-electron chi connectivity index (χ4n) is 2.56. The van der Waals surface area contributed by atoms with Gasteiger partial charge in [0.05, 0.1) is 12.5 Å². The third kappa shape index (κ3) is 1.67. The molecule has 1 aliphatic heterocycles. The van der Waals surface area contributed by atoms with E-state index in [1.165, 1.54) is 13.5 Å². The molecule has 13 heavy (non-hydrogen) atoms. The molecule has 1 saturated heterocycles. The van der Waals surface area contributed by atoms with Crippen LogP contribution in [0.4, 0.5) is 0 Å². The summed E-state index contributed by atoms with van der Waals surface area (Å²) in [6.45, 7) is 1.90. The molecular weight excluding hydrogens is 190 g/mol. The zero-order valence-corrected chi connectivity index (χ0v) is 8.65. The van der Waals surface area contributed by atoms with E-state index in [-0.39, 0.29) is 23.8 Å². The van der Waals surface area contributed by atoms with Crippen molar-refractivity contribution in [3.63, 3.8) is 0 Å². The second-order valence-corrected chi connectivity index (χ2v) is 4.01. The molecule has 1 aliphatic carbocycles. The first-order valence-corrected chi connectivity index (χ1v) is 4.56. The highest BCUT2D eigenvalue weighted by molar-refractivity contribution is 5.85. The molecule has 0 amide bonds. The Balaban J connectivity index is 0.000000845. The Bertz CT molecular complexity index is 206. The van der Waals surface area contributed by atoms with Crippen molar-refractivity contribution in [2.45, 2.75) is 19.3 Å². The number of piperidine rings is 1. The summed E-state index contributed by atoms with van der Waals surface area (Å²) in [5.41, 5.74) is -0.169. The van der Waals surface area contributed by atoms with Crippen molar-refractivity contribution in [3.8, 4) is 0 Å². The monoisotopic (exact) mass is 205 g/mol. The van der Waals surface area contributed by atoms with E-state index in [0.29, 0.717) is 5.92 Å². The van der Waals surface area contributed by atoms with Gasteiger partial charge in [-0.1, -0.05) is 0 Å². The number of hydrogen-bond donors (Lipinski definition) is 1. The van der Waals surface area contributed by atoms with E-state index in [0.717, 1.165) is 25.9 Å². The van der Waals surface area contributed by atoms with Gasteiger partial charge in [0, 0.05) is 6.54 Å². The maximum atomic E-state index is 11.5. The summed E-state index contributed by atoms with van der Waals surface area (Å²) in [4.78, 5) is 11.5. The maximum absolute atomic E-state index is 11.5. The van der Waals surface area contributed by atoms with Crippen LogP contribution in [-0.2, 0) is 9.53 Å². The third-order valence-corrected chi connectivity index (χ3v) is 3.23. The van der Waals surface area contributed by atoms with Crippen LogP contribution < -0.4 is 5.32 Å². The molecule has 2 atom stereocenters. The number of nitrogens with one attached hydrogen (secondary N) is 1. The molecule has 3 nitrogen and oxygen atoms in total. The molecule has 0 aromatic heterocycles. The Kier molecular flexibility index (Phi) is 3.19. The van der Waals surface area contributed by atoms with Gasteiger partial charge in [-0.15, -0.1) is 12.4 Å². The summed E-state index contributed by atoms with van der Waals surface area (Å²) in [7, 11) is 1.49.